The van der Waals surface area contributed by atoms with Gasteiger partial charge in [-0.15, -0.1) is 0 Å². The van der Waals surface area contributed by atoms with Crippen LogP contribution in [-0.2, 0) is 0 Å². The fourth-order valence-electron chi connectivity index (χ4n) is 2.37. The zero-order valence-corrected chi connectivity index (χ0v) is 14.4. The highest BCUT2D eigenvalue weighted by molar-refractivity contribution is 5.69. The molecule has 9 heteroatoms. The first kappa shape index (κ1) is 18.1. The Morgan fingerprint density at radius 1 is 1.15 bits per heavy atom. The summed E-state index contributed by atoms with van der Waals surface area (Å²) in [4.78, 5) is 23.6. The van der Waals surface area contributed by atoms with Gasteiger partial charge in [-0.05, 0) is 24.6 Å². The minimum absolute atomic E-state index is 0.175. The lowest BCUT2D eigenvalue weighted by atomic mass is 10.1. The SMILES string of the molecule is CC(Nc1cc(OC(N)=O)cc(Nc2cnccn2)n1)c1ccc(F)cc1. The van der Waals surface area contributed by atoms with E-state index in [2.05, 4.69) is 25.6 Å². The maximum atomic E-state index is 13.1. The molecule has 1 unspecified atom stereocenters. The maximum Gasteiger partial charge on any atom is 0.409 e. The van der Waals surface area contributed by atoms with E-state index in [0.717, 1.165) is 5.56 Å². The lowest BCUT2D eigenvalue weighted by Gasteiger charge is -2.17. The number of ether oxygens (including phenoxy) is 1. The van der Waals surface area contributed by atoms with Crippen molar-refractivity contribution in [2.75, 3.05) is 10.6 Å². The molecule has 4 N–H and O–H groups in total. The van der Waals surface area contributed by atoms with Crippen molar-refractivity contribution >= 4 is 23.5 Å². The molecule has 2 heterocycles. The van der Waals surface area contributed by atoms with E-state index >= 15 is 0 Å². The van der Waals surface area contributed by atoms with Crippen LogP contribution < -0.4 is 21.1 Å². The van der Waals surface area contributed by atoms with Crippen LogP contribution in [0, 0.1) is 5.82 Å². The Kier molecular flexibility index (Phi) is 5.41. The van der Waals surface area contributed by atoms with Gasteiger partial charge < -0.3 is 21.1 Å². The average Bonchev–Trinajstić information content (AvgIpc) is 2.62. The van der Waals surface area contributed by atoms with Crippen molar-refractivity contribution in [3.63, 3.8) is 0 Å². The molecule has 1 aromatic carbocycles. The Labute approximate surface area is 154 Å². The topological polar surface area (TPSA) is 115 Å². The number of halogens is 1. The monoisotopic (exact) mass is 368 g/mol. The van der Waals surface area contributed by atoms with Gasteiger partial charge in [0.15, 0.2) is 0 Å². The van der Waals surface area contributed by atoms with Gasteiger partial charge in [0.05, 0.1) is 6.20 Å². The molecule has 0 saturated carbocycles. The van der Waals surface area contributed by atoms with Gasteiger partial charge in [-0.2, -0.15) is 0 Å². The number of amides is 1. The highest BCUT2D eigenvalue weighted by Crippen LogP contribution is 2.26. The highest BCUT2D eigenvalue weighted by atomic mass is 19.1. The van der Waals surface area contributed by atoms with Gasteiger partial charge in [0.25, 0.3) is 0 Å². The number of nitrogens with zero attached hydrogens (tertiary/aromatic N) is 3. The molecular formula is C18H17FN6O2. The number of primary amides is 1. The number of carbonyl (C=O) groups is 1. The first-order valence-electron chi connectivity index (χ1n) is 8.04. The van der Waals surface area contributed by atoms with Crippen molar-refractivity contribution in [3.8, 4) is 5.75 Å². The summed E-state index contributed by atoms with van der Waals surface area (Å²) in [5, 5.41) is 6.15. The third kappa shape index (κ3) is 5.11. The fourth-order valence-corrected chi connectivity index (χ4v) is 2.37. The minimum Gasteiger partial charge on any atom is -0.410 e. The number of carbonyl (C=O) groups excluding carboxylic acids is 1. The van der Waals surface area contributed by atoms with E-state index in [1.165, 1.54) is 36.7 Å². The molecule has 1 amide bonds. The number of nitrogens with one attached hydrogen (secondary N) is 2. The number of hydrogen-bond donors (Lipinski definition) is 3. The van der Waals surface area contributed by atoms with E-state index in [9.17, 15) is 9.18 Å². The van der Waals surface area contributed by atoms with E-state index in [4.69, 9.17) is 10.5 Å². The average molecular weight is 368 g/mol. The molecule has 0 aliphatic heterocycles. The summed E-state index contributed by atoms with van der Waals surface area (Å²) in [5.74, 6) is 1.17. The number of nitrogens with two attached hydrogens (primary N) is 1. The zero-order valence-electron chi connectivity index (χ0n) is 14.4. The van der Waals surface area contributed by atoms with Crippen LogP contribution in [0.4, 0.5) is 26.6 Å². The fraction of sp³-hybridized carbons (Fsp3) is 0.111. The van der Waals surface area contributed by atoms with E-state index in [1.54, 1.807) is 18.3 Å². The van der Waals surface area contributed by atoms with Crippen LogP contribution in [0.1, 0.15) is 18.5 Å². The summed E-state index contributed by atoms with van der Waals surface area (Å²) in [6, 6.07) is 8.99. The molecule has 2 aromatic heterocycles. The lowest BCUT2D eigenvalue weighted by molar-refractivity contribution is 0.211. The number of anilines is 3. The molecule has 0 aliphatic rings. The number of benzene rings is 1. The molecule has 0 saturated heterocycles. The molecule has 138 valence electrons. The molecule has 0 aliphatic carbocycles. The van der Waals surface area contributed by atoms with Gasteiger partial charge in [-0.3, -0.25) is 4.98 Å². The number of rotatable bonds is 6. The quantitative estimate of drug-likeness (QED) is 0.611. The lowest BCUT2D eigenvalue weighted by Crippen LogP contribution is -2.17. The highest BCUT2D eigenvalue weighted by Gasteiger charge is 2.11. The Hall–Kier alpha value is -3.75. The van der Waals surface area contributed by atoms with Crippen molar-refractivity contribution in [1.29, 1.82) is 0 Å². The van der Waals surface area contributed by atoms with Gasteiger partial charge >= 0.3 is 6.09 Å². The molecule has 27 heavy (non-hydrogen) atoms. The molecule has 0 bridgehead atoms. The van der Waals surface area contributed by atoms with Crippen molar-refractivity contribution in [3.05, 3.63) is 66.4 Å². The van der Waals surface area contributed by atoms with E-state index in [-0.39, 0.29) is 17.6 Å². The van der Waals surface area contributed by atoms with Crippen LogP contribution in [0.25, 0.3) is 0 Å². The first-order chi connectivity index (χ1) is 13.0. The van der Waals surface area contributed by atoms with Gasteiger partial charge in [-0.1, -0.05) is 12.1 Å². The molecule has 8 nitrogen and oxygen atoms in total. The second-order valence-electron chi connectivity index (χ2n) is 5.63. The Bertz CT molecular complexity index is 921. The summed E-state index contributed by atoms with van der Waals surface area (Å²) in [5.41, 5.74) is 5.97. The van der Waals surface area contributed by atoms with E-state index in [0.29, 0.717) is 17.5 Å². The van der Waals surface area contributed by atoms with Crippen molar-refractivity contribution in [2.24, 2.45) is 5.73 Å². The second-order valence-corrected chi connectivity index (χ2v) is 5.63. The van der Waals surface area contributed by atoms with Crippen LogP contribution in [0.2, 0.25) is 0 Å². The summed E-state index contributed by atoms with van der Waals surface area (Å²) in [6.07, 6.45) is 3.66. The first-order valence-corrected chi connectivity index (χ1v) is 8.04. The summed E-state index contributed by atoms with van der Waals surface area (Å²) in [6.45, 7) is 1.90. The molecule has 3 aromatic rings. The molecule has 0 spiro atoms. The van der Waals surface area contributed by atoms with Gasteiger partial charge in [0.2, 0.25) is 0 Å². The number of hydrogen-bond acceptors (Lipinski definition) is 7. The predicted octanol–water partition coefficient (Wildman–Crippen LogP) is 3.38. The van der Waals surface area contributed by atoms with Gasteiger partial charge in [0.1, 0.15) is 29.0 Å². The van der Waals surface area contributed by atoms with Crippen molar-refractivity contribution in [2.45, 2.75) is 13.0 Å². The van der Waals surface area contributed by atoms with E-state index in [1.807, 2.05) is 6.92 Å². The second kappa shape index (κ2) is 8.09. The Morgan fingerprint density at radius 3 is 2.56 bits per heavy atom. The third-order valence-electron chi connectivity index (χ3n) is 3.57. The van der Waals surface area contributed by atoms with Crippen LogP contribution in [0.15, 0.2) is 55.0 Å². The Morgan fingerprint density at radius 2 is 1.89 bits per heavy atom. The standard InChI is InChI=1S/C18H17FN6O2/c1-11(12-2-4-13(19)5-3-12)23-15-8-14(27-18(20)26)9-16(24-15)25-17-10-21-6-7-22-17/h2-11H,1H3,(H2,20,26)(H2,22,23,24,25). The summed E-state index contributed by atoms with van der Waals surface area (Å²) >= 11 is 0. The minimum atomic E-state index is -0.941. The molecule has 0 radical (unpaired) electrons. The largest absolute Gasteiger partial charge is 0.410 e. The zero-order chi connectivity index (χ0) is 19.2. The van der Waals surface area contributed by atoms with Crippen molar-refractivity contribution in [1.82, 2.24) is 15.0 Å². The third-order valence-corrected chi connectivity index (χ3v) is 3.57. The van der Waals surface area contributed by atoms with Crippen LogP contribution >= 0.6 is 0 Å². The van der Waals surface area contributed by atoms with Crippen molar-refractivity contribution < 1.29 is 13.9 Å². The number of pyridine rings is 1. The predicted molar refractivity (Wildman–Crippen MR) is 98.2 cm³/mol. The van der Waals surface area contributed by atoms with Crippen LogP contribution in [0.5, 0.6) is 5.75 Å². The molecule has 0 fully saturated rings. The van der Waals surface area contributed by atoms with Crippen LogP contribution in [-0.4, -0.2) is 21.0 Å². The summed E-state index contributed by atoms with van der Waals surface area (Å²) < 4.78 is 18.1. The van der Waals surface area contributed by atoms with E-state index < -0.39 is 6.09 Å². The maximum absolute atomic E-state index is 13.1. The number of aromatic nitrogens is 3. The molecule has 3 rings (SSSR count). The van der Waals surface area contributed by atoms with Crippen LogP contribution in [0.3, 0.4) is 0 Å². The Balaban J connectivity index is 1.85. The normalized spacial score (nSPS) is 11.5. The smallest absolute Gasteiger partial charge is 0.409 e. The van der Waals surface area contributed by atoms with Gasteiger partial charge in [0, 0.05) is 30.6 Å². The summed E-state index contributed by atoms with van der Waals surface area (Å²) in [7, 11) is 0. The van der Waals surface area contributed by atoms with Gasteiger partial charge in [-0.25, -0.2) is 19.2 Å². The molecule has 1 atom stereocenters. The molecular weight excluding hydrogens is 351 g/mol.